The molecule has 2 nitrogen and oxygen atoms in total. The highest BCUT2D eigenvalue weighted by Crippen LogP contribution is 2.25. The number of rotatable bonds is 3. The first kappa shape index (κ1) is 38.6. The fourth-order valence-corrected chi connectivity index (χ4v) is 4.06. The van der Waals surface area contributed by atoms with E-state index in [4.69, 9.17) is 0 Å². The van der Waals surface area contributed by atoms with E-state index < -0.39 is 0 Å². The van der Waals surface area contributed by atoms with Gasteiger partial charge in [-0.1, -0.05) is 125 Å². The maximum atomic E-state index is 4.43. The summed E-state index contributed by atoms with van der Waals surface area (Å²) in [5, 5.41) is 1.15. The lowest BCUT2D eigenvalue weighted by Crippen LogP contribution is -1.90. The molecule has 0 atom stereocenters. The number of benzene rings is 2. The minimum Gasteiger partial charge on any atom is -0.261 e. The van der Waals surface area contributed by atoms with Gasteiger partial charge in [-0.25, -0.2) is 4.98 Å². The third kappa shape index (κ3) is 15.6. The van der Waals surface area contributed by atoms with Crippen LogP contribution in [-0.2, 0) is 0 Å². The van der Waals surface area contributed by atoms with Crippen LogP contribution in [0.2, 0.25) is 0 Å². The molecule has 3 heteroatoms. The van der Waals surface area contributed by atoms with Gasteiger partial charge in [0, 0.05) is 11.9 Å². The van der Waals surface area contributed by atoms with Gasteiger partial charge in [-0.15, -0.1) is 11.3 Å². The van der Waals surface area contributed by atoms with Crippen LogP contribution in [0.4, 0.5) is 0 Å². The average Bonchev–Trinajstić information content (AvgIpc) is 3.32. The van der Waals surface area contributed by atoms with E-state index in [9.17, 15) is 0 Å². The molecule has 2 heterocycles. The van der Waals surface area contributed by atoms with E-state index in [1.807, 2.05) is 47.7 Å². The third-order valence-corrected chi connectivity index (χ3v) is 6.39. The summed E-state index contributed by atoms with van der Waals surface area (Å²) in [7, 11) is 0. The zero-order valence-corrected chi connectivity index (χ0v) is 28.6. The molecule has 0 unspecified atom stereocenters. The lowest BCUT2D eigenvalue weighted by Gasteiger charge is -2.03. The number of aromatic nitrogens is 2. The van der Waals surface area contributed by atoms with Gasteiger partial charge < -0.3 is 0 Å². The van der Waals surface area contributed by atoms with Crippen LogP contribution in [0.3, 0.4) is 0 Å². The second-order valence-corrected chi connectivity index (χ2v) is 10.8. The van der Waals surface area contributed by atoms with Crippen molar-refractivity contribution in [1.29, 1.82) is 0 Å². The molecule has 0 saturated carbocycles. The lowest BCUT2D eigenvalue weighted by molar-refractivity contribution is 0.821. The predicted molar refractivity (Wildman–Crippen MR) is 181 cm³/mol. The van der Waals surface area contributed by atoms with E-state index >= 15 is 0 Å². The number of aryl methyl sites for hydroxylation is 3. The molecule has 0 spiro atoms. The van der Waals surface area contributed by atoms with Gasteiger partial charge in [-0.3, -0.25) is 4.98 Å². The Morgan fingerprint density at radius 3 is 1.49 bits per heavy atom. The number of hydrogen-bond donors (Lipinski definition) is 0. The van der Waals surface area contributed by atoms with Crippen molar-refractivity contribution in [2.45, 2.75) is 122 Å². The number of fused-ring (bicyclic) bond motifs is 1. The highest BCUT2D eigenvalue weighted by molar-refractivity contribution is 7.18. The first-order chi connectivity index (χ1) is 18.6. The Balaban J connectivity index is 0. The molecule has 0 N–H and O–H groups in total. The summed E-state index contributed by atoms with van der Waals surface area (Å²) >= 11 is 1.77. The fraction of sp³-hybridized carbons (Fsp3) is 0.500. The van der Waals surface area contributed by atoms with Crippen LogP contribution in [0.5, 0.6) is 0 Å². The molecule has 0 aliphatic heterocycles. The van der Waals surface area contributed by atoms with Crippen LogP contribution in [0.15, 0.2) is 60.8 Å². The molecule has 4 rings (SSSR count). The summed E-state index contributed by atoms with van der Waals surface area (Å²) in [6.07, 6.45) is 1.91. The van der Waals surface area contributed by atoms with Gasteiger partial charge in [0.2, 0.25) is 0 Å². The highest BCUT2D eigenvalue weighted by atomic mass is 32.1. The molecule has 218 valence electrons. The molecular weight excluding hydrogens is 492 g/mol. The Bertz CT molecular complexity index is 1060. The van der Waals surface area contributed by atoms with Crippen molar-refractivity contribution in [1.82, 2.24) is 9.97 Å². The Kier molecular flexibility index (Phi) is 22.1. The summed E-state index contributed by atoms with van der Waals surface area (Å²) in [5.41, 5.74) is 7.69. The van der Waals surface area contributed by atoms with Crippen molar-refractivity contribution in [2.24, 2.45) is 0 Å². The van der Waals surface area contributed by atoms with Crippen molar-refractivity contribution in [2.75, 3.05) is 0 Å². The molecule has 0 aliphatic rings. The molecule has 0 bridgehead atoms. The van der Waals surface area contributed by atoms with Gasteiger partial charge in [0.15, 0.2) is 0 Å². The molecule has 2 aromatic carbocycles. The number of nitrogens with zero attached hydrogens (tertiary/aromatic N) is 2. The molecule has 39 heavy (non-hydrogen) atoms. The lowest BCUT2D eigenvalue weighted by atomic mass is 10.0. The molecule has 0 amide bonds. The van der Waals surface area contributed by atoms with Gasteiger partial charge in [0.25, 0.3) is 0 Å². The Hall–Kier alpha value is -2.52. The van der Waals surface area contributed by atoms with Crippen LogP contribution >= 0.6 is 11.3 Å². The van der Waals surface area contributed by atoms with Gasteiger partial charge in [-0.05, 0) is 73.4 Å². The topological polar surface area (TPSA) is 25.8 Å². The molecule has 4 aromatic rings. The maximum Gasteiger partial charge on any atom is 0.0907 e. The highest BCUT2D eigenvalue weighted by Gasteiger charge is 2.03. The maximum absolute atomic E-state index is 4.43. The molecule has 0 saturated heterocycles. The third-order valence-electron chi connectivity index (χ3n) is 5.46. The van der Waals surface area contributed by atoms with Crippen molar-refractivity contribution >= 4 is 21.6 Å². The van der Waals surface area contributed by atoms with E-state index in [2.05, 4.69) is 127 Å². The minimum absolute atomic E-state index is 0.542. The zero-order chi connectivity index (χ0) is 30.5. The summed E-state index contributed by atoms with van der Waals surface area (Å²) < 4.78 is 1.31. The average molecular weight is 551 g/mol. The van der Waals surface area contributed by atoms with Gasteiger partial charge in [0.05, 0.1) is 15.2 Å². The number of pyridine rings is 1. The minimum atomic E-state index is 0.542. The van der Waals surface area contributed by atoms with E-state index in [-0.39, 0.29) is 0 Å². The van der Waals surface area contributed by atoms with E-state index in [0.717, 1.165) is 10.5 Å². The van der Waals surface area contributed by atoms with Crippen molar-refractivity contribution < 1.29 is 0 Å². The van der Waals surface area contributed by atoms with Crippen molar-refractivity contribution in [3.8, 4) is 0 Å². The van der Waals surface area contributed by atoms with E-state index in [1.54, 1.807) is 11.3 Å². The molecule has 0 aliphatic carbocycles. The quantitative estimate of drug-likeness (QED) is 0.253. The second-order valence-electron chi connectivity index (χ2n) is 9.60. The summed E-state index contributed by atoms with van der Waals surface area (Å²) in [6.45, 7) is 31.4. The summed E-state index contributed by atoms with van der Waals surface area (Å²) in [6, 6.07) is 19.4. The van der Waals surface area contributed by atoms with Crippen LogP contribution in [0.25, 0.3) is 10.2 Å². The predicted octanol–water partition coefficient (Wildman–Crippen LogP) is 12.4. The molecule has 2 aromatic heterocycles. The zero-order valence-electron chi connectivity index (χ0n) is 27.8. The van der Waals surface area contributed by atoms with Crippen molar-refractivity contribution in [3.63, 3.8) is 0 Å². The van der Waals surface area contributed by atoms with Gasteiger partial charge in [0.1, 0.15) is 0 Å². The SMILES string of the molecule is CC.CC.CC.Cc1ccc(C(C)C)cc1.Cc1ccc(C(C)C)nc1.Cc1nc2ccc(C(C)C)cc2s1. The smallest absolute Gasteiger partial charge is 0.0907 e. The normalized spacial score (nSPS) is 9.59. The number of hydrogen-bond acceptors (Lipinski definition) is 3. The largest absolute Gasteiger partial charge is 0.261 e. The molecule has 0 radical (unpaired) electrons. The molecule has 0 fully saturated rings. The van der Waals surface area contributed by atoms with E-state index in [0.29, 0.717) is 17.8 Å². The van der Waals surface area contributed by atoms with Crippen LogP contribution < -0.4 is 0 Å². The first-order valence-electron chi connectivity index (χ1n) is 14.9. The Labute approximate surface area is 246 Å². The first-order valence-corrected chi connectivity index (χ1v) is 15.7. The van der Waals surface area contributed by atoms with Crippen LogP contribution in [0.1, 0.15) is 134 Å². The molecular formula is C36H58N2S. The van der Waals surface area contributed by atoms with Crippen LogP contribution in [0, 0.1) is 20.8 Å². The van der Waals surface area contributed by atoms with Crippen molar-refractivity contribution in [3.05, 3.63) is 93.7 Å². The fourth-order valence-electron chi connectivity index (χ4n) is 3.19. The Morgan fingerprint density at radius 1 is 0.564 bits per heavy atom. The summed E-state index contributed by atoms with van der Waals surface area (Å²) in [5.74, 6) is 1.80. The monoisotopic (exact) mass is 550 g/mol. The standard InChI is InChI=1S/C11H13NS.C10H14.C9H13N.3C2H6/c1-7(2)9-4-5-10-11(6-9)13-8(3)12-10;1-8(2)10-6-4-9(3)5-7-10;1-7(2)9-5-4-8(3)6-10-9;3*1-2/h4-7H,1-3H3;4-8H,1-3H3;4-7H,1-3H3;3*1-2H3. The van der Waals surface area contributed by atoms with Crippen LogP contribution in [-0.4, -0.2) is 9.97 Å². The van der Waals surface area contributed by atoms with E-state index in [1.165, 1.54) is 32.6 Å². The Morgan fingerprint density at radius 2 is 1.05 bits per heavy atom. The summed E-state index contributed by atoms with van der Waals surface area (Å²) in [4.78, 5) is 8.71. The second kappa shape index (κ2) is 22.3. The van der Waals surface area contributed by atoms with Gasteiger partial charge in [-0.2, -0.15) is 0 Å². The van der Waals surface area contributed by atoms with Gasteiger partial charge >= 0.3 is 0 Å². The number of thiazole rings is 1.